The second kappa shape index (κ2) is 5.26. The van der Waals surface area contributed by atoms with Gasteiger partial charge in [-0.1, -0.05) is 25.1 Å². The summed E-state index contributed by atoms with van der Waals surface area (Å²) < 4.78 is 0. The molecule has 1 amide bonds. The Morgan fingerprint density at radius 2 is 1.87 bits per heavy atom. The monoisotopic (exact) mass is 206 g/mol. The number of nitrogens with one attached hydrogen (secondary N) is 1. The summed E-state index contributed by atoms with van der Waals surface area (Å²) in [5.74, 6) is 4.57. The van der Waals surface area contributed by atoms with E-state index in [-0.39, 0.29) is 5.78 Å². The fourth-order valence-corrected chi connectivity index (χ4v) is 1.36. The van der Waals surface area contributed by atoms with Crippen LogP contribution in [-0.2, 0) is 0 Å². The molecule has 4 heteroatoms. The predicted octanol–water partition coefficient (Wildman–Crippen LogP) is 1.27. The van der Waals surface area contributed by atoms with Gasteiger partial charge in [0.25, 0.3) is 5.91 Å². The molecule has 0 atom stereocenters. The van der Waals surface area contributed by atoms with E-state index in [1.165, 1.54) is 0 Å². The third kappa shape index (κ3) is 2.63. The van der Waals surface area contributed by atoms with Crippen molar-refractivity contribution in [3.63, 3.8) is 0 Å². The van der Waals surface area contributed by atoms with Crippen LogP contribution in [-0.4, -0.2) is 11.7 Å². The molecule has 1 aromatic carbocycles. The number of hydrogen-bond donors (Lipinski definition) is 2. The van der Waals surface area contributed by atoms with Crippen molar-refractivity contribution in [2.45, 2.75) is 19.8 Å². The number of Topliss-reactive ketones (excluding diaryl/α,β-unsaturated/α-hetero) is 1. The van der Waals surface area contributed by atoms with Crippen LogP contribution in [0.15, 0.2) is 24.3 Å². The molecule has 0 unspecified atom stereocenters. The minimum atomic E-state index is -0.435. The van der Waals surface area contributed by atoms with Crippen LogP contribution in [0.5, 0.6) is 0 Å². The lowest BCUT2D eigenvalue weighted by Crippen LogP contribution is -2.31. The van der Waals surface area contributed by atoms with Crippen LogP contribution >= 0.6 is 0 Å². The Hall–Kier alpha value is -1.68. The number of hydrogen-bond acceptors (Lipinski definition) is 3. The van der Waals surface area contributed by atoms with E-state index in [9.17, 15) is 9.59 Å². The van der Waals surface area contributed by atoms with E-state index >= 15 is 0 Å². The Kier molecular flexibility index (Phi) is 4.00. The maximum Gasteiger partial charge on any atom is 0.265 e. The van der Waals surface area contributed by atoms with Crippen LogP contribution in [0.25, 0.3) is 0 Å². The number of nitrogens with two attached hydrogens (primary N) is 1. The van der Waals surface area contributed by atoms with Gasteiger partial charge in [-0.25, -0.2) is 5.84 Å². The molecule has 0 radical (unpaired) electrons. The lowest BCUT2D eigenvalue weighted by Gasteiger charge is -2.06. The maximum absolute atomic E-state index is 11.7. The highest BCUT2D eigenvalue weighted by molar-refractivity contribution is 6.07. The molecule has 0 saturated heterocycles. The molecule has 15 heavy (non-hydrogen) atoms. The second-order valence-corrected chi connectivity index (χ2v) is 3.19. The van der Waals surface area contributed by atoms with Gasteiger partial charge in [0, 0.05) is 12.0 Å². The highest BCUT2D eigenvalue weighted by Crippen LogP contribution is 2.11. The number of carbonyl (C=O) groups excluding carboxylic acids is 2. The highest BCUT2D eigenvalue weighted by Gasteiger charge is 2.14. The third-order valence-electron chi connectivity index (χ3n) is 2.08. The summed E-state index contributed by atoms with van der Waals surface area (Å²) in [6.45, 7) is 1.92. The molecule has 1 rings (SSSR count). The van der Waals surface area contributed by atoms with E-state index in [0.29, 0.717) is 17.5 Å². The molecule has 0 aliphatic heterocycles. The van der Waals surface area contributed by atoms with Gasteiger partial charge in [-0.2, -0.15) is 0 Å². The molecule has 0 aliphatic rings. The van der Waals surface area contributed by atoms with Crippen LogP contribution in [0.3, 0.4) is 0 Å². The Morgan fingerprint density at radius 1 is 1.27 bits per heavy atom. The summed E-state index contributed by atoms with van der Waals surface area (Å²) in [7, 11) is 0. The first kappa shape index (κ1) is 11.4. The number of nitrogen functional groups attached to an aromatic ring is 1. The fourth-order valence-electron chi connectivity index (χ4n) is 1.36. The van der Waals surface area contributed by atoms with E-state index in [1.807, 2.05) is 12.3 Å². The fraction of sp³-hybridized carbons (Fsp3) is 0.273. The molecule has 0 bridgehead atoms. The van der Waals surface area contributed by atoms with E-state index in [2.05, 4.69) is 0 Å². The second-order valence-electron chi connectivity index (χ2n) is 3.19. The van der Waals surface area contributed by atoms with Crippen molar-refractivity contribution >= 4 is 11.7 Å². The predicted molar refractivity (Wildman–Crippen MR) is 57.3 cm³/mol. The number of hydrazine groups is 1. The van der Waals surface area contributed by atoms with E-state index in [0.717, 1.165) is 6.42 Å². The van der Waals surface area contributed by atoms with Gasteiger partial charge in [-0.05, 0) is 12.5 Å². The molecular weight excluding hydrogens is 192 g/mol. The van der Waals surface area contributed by atoms with Crippen LogP contribution in [0.4, 0.5) is 0 Å². The number of amides is 1. The van der Waals surface area contributed by atoms with Crippen LogP contribution in [0, 0.1) is 0 Å². The summed E-state index contributed by atoms with van der Waals surface area (Å²) in [4.78, 5) is 23.0. The summed E-state index contributed by atoms with van der Waals surface area (Å²) >= 11 is 0. The van der Waals surface area contributed by atoms with Crippen molar-refractivity contribution in [2.24, 2.45) is 5.84 Å². The number of rotatable bonds is 4. The lowest BCUT2D eigenvalue weighted by molar-refractivity contribution is 0.0931. The van der Waals surface area contributed by atoms with Crippen molar-refractivity contribution in [1.29, 1.82) is 0 Å². The average molecular weight is 206 g/mol. The molecule has 0 aromatic heterocycles. The Balaban J connectivity index is 3.06. The number of ketones is 1. The number of carbonyl (C=O) groups is 2. The van der Waals surface area contributed by atoms with Gasteiger partial charge >= 0.3 is 0 Å². The van der Waals surface area contributed by atoms with Gasteiger partial charge in [0.1, 0.15) is 0 Å². The van der Waals surface area contributed by atoms with Crippen LogP contribution < -0.4 is 11.3 Å². The third-order valence-corrected chi connectivity index (χ3v) is 2.08. The molecule has 0 heterocycles. The SMILES string of the molecule is CCCC(=O)c1ccccc1C(=O)NN. The molecule has 3 N–H and O–H groups in total. The van der Waals surface area contributed by atoms with Crippen molar-refractivity contribution in [3.05, 3.63) is 35.4 Å². The largest absolute Gasteiger partial charge is 0.294 e. The summed E-state index contributed by atoms with van der Waals surface area (Å²) in [6.07, 6.45) is 1.20. The molecule has 0 saturated carbocycles. The van der Waals surface area contributed by atoms with Gasteiger partial charge < -0.3 is 0 Å². The van der Waals surface area contributed by atoms with Crippen molar-refractivity contribution < 1.29 is 9.59 Å². The minimum absolute atomic E-state index is 0.0308. The smallest absolute Gasteiger partial charge is 0.265 e. The first-order valence-corrected chi connectivity index (χ1v) is 4.83. The zero-order valence-electron chi connectivity index (χ0n) is 8.62. The topological polar surface area (TPSA) is 72.2 Å². The van der Waals surface area contributed by atoms with Gasteiger partial charge in [0.15, 0.2) is 5.78 Å². The number of benzene rings is 1. The normalized spacial score (nSPS) is 9.73. The molecule has 0 spiro atoms. The summed E-state index contributed by atoms with van der Waals surface area (Å²) in [6, 6.07) is 6.66. The summed E-state index contributed by atoms with van der Waals surface area (Å²) in [5.41, 5.74) is 2.79. The minimum Gasteiger partial charge on any atom is -0.294 e. The maximum atomic E-state index is 11.7. The molecule has 80 valence electrons. The molecule has 4 nitrogen and oxygen atoms in total. The van der Waals surface area contributed by atoms with Gasteiger partial charge in [0.2, 0.25) is 0 Å². The Labute approximate surface area is 88.4 Å². The standard InChI is InChI=1S/C11H14N2O2/c1-2-5-10(14)8-6-3-4-7-9(8)11(15)13-12/h3-4,6-7H,2,5,12H2,1H3,(H,13,15). The Morgan fingerprint density at radius 3 is 2.40 bits per heavy atom. The van der Waals surface area contributed by atoms with Gasteiger partial charge in [-0.3, -0.25) is 15.0 Å². The average Bonchev–Trinajstić information content (AvgIpc) is 2.28. The van der Waals surface area contributed by atoms with Crippen molar-refractivity contribution in [2.75, 3.05) is 0 Å². The molecular formula is C11H14N2O2. The van der Waals surface area contributed by atoms with E-state index in [4.69, 9.17) is 5.84 Å². The van der Waals surface area contributed by atoms with Crippen LogP contribution in [0.2, 0.25) is 0 Å². The first-order valence-electron chi connectivity index (χ1n) is 4.83. The van der Waals surface area contributed by atoms with Gasteiger partial charge in [-0.15, -0.1) is 0 Å². The van der Waals surface area contributed by atoms with Crippen molar-refractivity contribution in [3.8, 4) is 0 Å². The van der Waals surface area contributed by atoms with Crippen molar-refractivity contribution in [1.82, 2.24) is 5.43 Å². The zero-order chi connectivity index (χ0) is 11.3. The molecule has 1 aromatic rings. The lowest BCUT2D eigenvalue weighted by atomic mass is 10.0. The molecule has 0 aliphatic carbocycles. The Bertz CT molecular complexity index is 375. The first-order chi connectivity index (χ1) is 7.20. The quantitative estimate of drug-likeness (QED) is 0.337. The zero-order valence-corrected chi connectivity index (χ0v) is 8.62. The summed E-state index contributed by atoms with van der Waals surface area (Å²) in [5, 5.41) is 0. The highest BCUT2D eigenvalue weighted by atomic mass is 16.2. The molecule has 0 fully saturated rings. The van der Waals surface area contributed by atoms with Gasteiger partial charge in [0.05, 0.1) is 5.56 Å². The van der Waals surface area contributed by atoms with Crippen LogP contribution in [0.1, 0.15) is 40.5 Å². The van der Waals surface area contributed by atoms with E-state index < -0.39 is 5.91 Å². The van der Waals surface area contributed by atoms with E-state index in [1.54, 1.807) is 24.3 Å².